The molecule has 4 nitrogen and oxygen atoms in total. The Bertz CT molecular complexity index is 637. The van der Waals surface area contributed by atoms with E-state index in [4.69, 9.17) is 12.2 Å². The molecule has 0 spiro atoms. The molecule has 118 valence electrons. The molecule has 2 rings (SSSR count). The molecule has 0 atom stereocenters. The van der Waals surface area contributed by atoms with Crippen molar-refractivity contribution < 1.29 is 31.8 Å². The van der Waals surface area contributed by atoms with Gasteiger partial charge in [0, 0.05) is 11.6 Å². The average molecular weight is 353 g/mol. The van der Waals surface area contributed by atoms with Crippen molar-refractivity contribution in [1.82, 2.24) is 5.32 Å². The van der Waals surface area contributed by atoms with Crippen molar-refractivity contribution in [2.45, 2.75) is 13.2 Å². The quantitative estimate of drug-likeness (QED) is 0.500. The van der Waals surface area contributed by atoms with Crippen molar-refractivity contribution >= 4 is 40.3 Å². The van der Waals surface area contributed by atoms with E-state index in [1.165, 1.54) is 12.1 Å². The van der Waals surface area contributed by atoms with Crippen LogP contribution in [0, 0.1) is 0 Å². The molecule has 0 bridgehead atoms. The third-order valence-electron chi connectivity index (χ3n) is 2.35. The predicted molar refractivity (Wildman–Crippen MR) is 76.0 cm³/mol. The molecular weight excluding hydrogens is 346 g/mol. The molecule has 0 aromatic heterocycles. The molecule has 1 N–H and O–H groups in total. The summed E-state index contributed by atoms with van der Waals surface area (Å²) < 4.78 is 57.7. The fraction of sp³-hybridized carbons (Fsp3) is 0.167. The third kappa shape index (κ3) is 4.34. The summed E-state index contributed by atoms with van der Waals surface area (Å²) in [6, 6.07) is 3.25. The molecule has 1 aliphatic heterocycles. The molecule has 1 fully saturated rings. The van der Waals surface area contributed by atoms with E-state index >= 15 is 0 Å². The third-order valence-corrected chi connectivity index (χ3v) is 3.52. The van der Waals surface area contributed by atoms with Crippen LogP contribution in [0.2, 0.25) is 0 Å². The molecule has 0 unspecified atom stereocenters. The van der Waals surface area contributed by atoms with Gasteiger partial charge in [-0.2, -0.15) is 17.6 Å². The first-order valence-electron chi connectivity index (χ1n) is 5.63. The van der Waals surface area contributed by atoms with Crippen LogP contribution in [-0.2, 0) is 4.79 Å². The summed E-state index contributed by atoms with van der Waals surface area (Å²) in [4.78, 5) is 11.7. The summed E-state index contributed by atoms with van der Waals surface area (Å²) in [6.07, 6.45) is 1.27. The van der Waals surface area contributed by atoms with Crippen LogP contribution in [0.5, 0.6) is 11.5 Å². The zero-order valence-electron chi connectivity index (χ0n) is 10.5. The largest absolute Gasteiger partial charge is 0.435 e. The molecule has 1 amide bonds. The lowest BCUT2D eigenvalue weighted by Gasteiger charge is -2.11. The fourth-order valence-corrected chi connectivity index (χ4v) is 2.61. The molecule has 0 saturated carbocycles. The normalized spacial score (nSPS) is 16.5. The SMILES string of the molecule is O=C1NC(=S)SC1=Cc1ccc(OC(F)F)cc1OC(F)F. The van der Waals surface area contributed by atoms with Crippen LogP contribution in [0.1, 0.15) is 5.56 Å². The second-order valence-corrected chi connectivity index (χ2v) is 5.53. The molecule has 22 heavy (non-hydrogen) atoms. The number of nitrogens with one attached hydrogen (secondary N) is 1. The van der Waals surface area contributed by atoms with Crippen LogP contribution in [0.25, 0.3) is 6.08 Å². The Morgan fingerprint density at radius 2 is 1.86 bits per heavy atom. The van der Waals surface area contributed by atoms with E-state index in [0.717, 1.165) is 23.9 Å². The standard InChI is InChI=1S/C12H7F4NO3S2/c13-10(14)19-6-2-1-5(7(4-6)20-11(15)16)3-8-9(18)17-12(21)22-8/h1-4,10-11H,(H,17,18,21). The van der Waals surface area contributed by atoms with Crippen LogP contribution < -0.4 is 14.8 Å². The highest BCUT2D eigenvalue weighted by molar-refractivity contribution is 8.26. The summed E-state index contributed by atoms with van der Waals surface area (Å²) in [5.74, 6) is -1.22. The average Bonchev–Trinajstić information content (AvgIpc) is 2.69. The maximum atomic E-state index is 12.4. The van der Waals surface area contributed by atoms with Gasteiger partial charge in [0.15, 0.2) is 0 Å². The van der Waals surface area contributed by atoms with Gasteiger partial charge in [-0.25, -0.2) is 0 Å². The maximum absolute atomic E-state index is 12.4. The number of thioether (sulfide) groups is 1. The first-order chi connectivity index (χ1) is 10.3. The molecule has 1 aromatic carbocycles. The van der Waals surface area contributed by atoms with Crippen molar-refractivity contribution in [2.75, 3.05) is 0 Å². The van der Waals surface area contributed by atoms with Gasteiger partial charge in [0.1, 0.15) is 15.8 Å². The first-order valence-corrected chi connectivity index (χ1v) is 6.86. The summed E-state index contributed by atoms with van der Waals surface area (Å²) in [6.45, 7) is -6.26. The Kier molecular flexibility index (Phi) is 5.24. The number of carbonyl (C=O) groups excluding carboxylic acids is 1. The lowest BCUT2D eigenvalue weighted by Crippen LogP contribution is -2.17. The number of thiocarbonyl (C=S) groups is 1. The van der Waals surface area contributed by atoms with E-state index in [1.54, 1.807) is 0 Å². The molecule has 1 saturated heterocycles. The van der Waals surface area contributed by atoms with E-state index < -0.39 is 24.9 Å². The van der Waals surface area contributed by atoms with Crippen molar-refractivity contribution in [1.29, 1.82) is 0 Å². The summed E-state index contributed by atoms with van der Waals surface area (Å²) >= 11 is 5.74. The Hall–Kier alpha value is -1.81. The monoisotopic (exact) mass is 353 g/mol. The second-order valence-electron chi connectivity index (χ2n) is 3.81. The number of benzene rings is 1. The van der Waals surface area contributed by atoms with Crippen LogP contribution >= 0.6 is 24.0 Å². The van der Waals surface area contributed by atoms with Gasteiger partial charge in [0.05, 0.1) is 4.91 Å². The minimum absolute atomic E-state index is 0.101. The molecule has 0 aliphatic carbocycles. The van der Waals surface area contributed by atoms with E-state index in [2.05, 4.69) is 14.8 Å². The van der Waals surface area contributed by atoms with Crippen LogP contribution in [0.15, 0.2) is 23.1 Å². The minimum atomic E-state index is -3.16. The zero-order chi connectivity index (χ0) is 16.3. The van der Waals surface area contributed by atoms with E-state index in [0.29, 0.717) is 0 Å². The number of alkyl halides is 4. The highest BCUT2D eigenvalue weighted by Crippen LogP contribution is 2.32. The van der Waals surface area contributed by atoms with E-state index in [9.17, 15) is 22.4 Å². The minimum Gasteiger partial charge on any atom is -0.435 e. The first kappa shape index (κ1) is 16.6. The predicted octanol–water partition coefficient (Wildman–Crippen LogP) is 3.38. The van der Waals surface area contributed by atoms with Gasteiger partial charge in [0.2, 0.25) is 0 Å². The molecule has 1 heterocycles. The number of hydrogen-bond donors (Lipinski definition) is 1. The number of carbonyl (C=O) groups is 1. The highest BCUT2D eigenvalue weighted by atomic mass is 32.2. The fourth-order valence-electron chi connectivity index (χ4n) is 1.57. The molecule has 0 radical (unpaired) electrons. The molecule has 1 aliphatic rings. The molecular formula is C12H7F4NO3S2. The van der Waals surface area contributed by atoms with Gasteiger partial charge in [0.25, 0.3) is 5.91 Å². The van der Waals surface area contributed by atoms with E-state index in [1.807, 2.05) is 0 Å². The molecule has 1 aromatic rings. The second kappa shape index (κ2) is 6.97. The number of hydrogen-bond acceptors (Lipinski definition) is 5. The van der Waals surface area contributed by atoms with Crippen molar-refractivity contribution in [3.63, 3.8) is 0 Å². The van der Waals surface area contributed by atoms with Gasteiger partial charge in [-0.05, 0) is 18.2 Å². The Morgan fingerprint density at radius 3 is 2.41 bits per heavy atom. The van der Waals surface area contributed by atoms with Crippen LogP contribution in [-0.4, -0.2) is 23.5 Å². The topological polar surface area (TPSA) is 47.6 Å². The molecule has 10 heteroatoms. The Morgan fingerprint density at radius 1 is 1.18 bits per heavy atom. The van der Waals surface area contributed by atoms with Gasteiger partial charge in [-0.3, -0.25) is 4.79 Å². The summed E-state index contributed by atoms with van der Waals surface area (Å²) in [7, 11) is 0. The van der Waals surface area contributed by atoms with Gasteiger partial charge >= 0.3 is 13.2 Å². The van der Waals surface area contributed by atoms with Crippen molar-refractivity contribution in [3.8, 4) is 11.5 Å². The van der Waals surface area contributed by atoms with Crippen LogP contribution in [0.3, 0.4) is 0 Å². The smallest absolute Gasteiger partial charge is 0.387 e. The maximum Gasteiger partial charge on any atom is 0.387 e. The summed E-state index contributed by atoms with van der Waals surface area (Å²) in [5, 5.41) is 2.36. The number of ether oxygens (including phenoxy) is 2. The van der Waals surface area contributed by atoms with Crippen molar-refractivity contribution in [3.05, 3.63) is 28.7 Å². The lowest BCUT2D eigenvalue weighted by molar-refractivity contribution is -0.115. The van der Waals surface area contributed by atoms with E-state index in [-0.39, 0.29) is 20.5 Å². The Labute approximate surface area is 131 Å². The zero-order valence-corrected chi connectivity index (χ0v) is 12.2. The summed E-state index contributed by atoms with van der Waals surface area (Å²) in [5.41, 5.74) is 0.101. The van der Waals surface area contributed by atoms with Gasteiger partial charge < -0.3 is 14.8 Å². The highest BCUT2D eigenvalue weighted by Gasteiger charge is 2.23. The van der Waals surface area contributed by atoms with Crippen molar-refractivity contribution in [2.24, 2.45) is 0 Å². The van der Waals surface area contributed by atoms with Gasteiger partial charge in [-0.1, -0.05) is 24.0 Å². The van der Waals surface area contributed by atoms with Gasteiger partial charge in [-0.15, -0.1) is 0 Å². The number of halogens is 4. The number of amides is 1. The number of rotatable bonds is 5. The van der Waals surface area contributed by atoms with Crippen LogP contribution in [0.4, 0.5) is 17.6 Å². The lowest BCUT2D eigenvalue weighted by atomic mass is 10.1. The Balaban J connectivity index is 2.35.